The molecule has 1 fully saturated rings. The highest BCUT2D eigenvalue weighted by Crippen LogP contribution is 2.33. The van der Waals surface area contributed by atoms with Gasteiger partial charge in [-0.15, -0.1) is 0 Å². The van der Waals surface area contributed by atoms with Gasteiger partial charge < -0.3 is 5.32 Å². The number of nitrogens with zero attached hydrogens (tertiary/aromatic N) is 1. The Labute approximate surface area is 92.1 Å². The van der Waals surface area contributed by atoms with Gasteiger partial charge in [0, 0.05) is 24.4 Å². The first kappa shape index (κ1) is 10.6. The van der Waals surface area contributed by atoms with E-state index in [1.807, 2.05) is 12.3 Å². The third kappa shape index (κ3) is 3.31. The van der Waals surface area contributed by atoms with Crippen molar-refractivity contribution in [3.8, 4) is 0 Å². The average Bonchev–Trinajstić information content (AvgIpc) is 3.09. The highest BCUT2D eigenvalue weighted by molar-refractivity contribution is 5.07. The van der Waals surface area contributed by atoms with Crippen LogP contribution in [0, 0.1) is 5.92 Å². The molecule has 2 rings (SSSR count). The van der Waals surface area contributed by atoms with Crippen LogP contribution in [0.4, 0.5) is 0 Å². The molecule has 2 heteroatoms. The Morgan fingerprint density at radius 3 is 2.93 bits per heavy atom. The van der Waals surface area contributed by atoms with Gasteiger partial charge in [-0.3, -0.25) is 4.98 Å². The molecular formula is C13H20N2. The molecule has 0 spiro atoms. The SMILES string of the molecule is CCCNC(Cc1ccccn1)C1CC1. The lowest BCUT2D eigenvalue weighted by molar-refractivity contribution is 0.456. The first-order valence-corrected chi connectivity index (χ1v) is 6.03. The molecule has 0 aromatic carbocycles. The van der Waals surface area contributed by atoms with Gasteiger partial charge in [0.15, 0.2) is 0 Å². The Bertz CT molecular complexity index is 280. The fourth-order valence-electron chi connectivity index (χ4n) is 1.98. The third-order valence-electron chi connectivity index (χ3n) is 3.00. The molecule has 1 aromatic heterocycles. The number of hydrogen-bond acceptors (Lipinski definition) is 2. The number of pyridine rings is 1. The van der Waals surface area contributed by atoms with Gasteiger partial charge in [-0.25, -0.2) is 0 Å². The molecule has 82 valence electrons. The van der Waals surface area contributed by atoms with Crippen LogP contribution in [0.5, 0.6) is 0 Å². The molecule has 0 bridgehead atoms. The van der Waals surface area contributed by atoms with Crippen molar-refractivity contribution in [3.63, 3.8) is 0 Å². The molecule has 0 radical (unpaired) electrons. The average molecular weight is 204 g/mol. The van der Waals surface area contributed by atoms with E-state index in [0.29, 0.717) is 6.04 Å². The molecule has 1 aliphatic rings. The van der Waals surface area contributed by atoms with Crippen LogP contribution >= 0.6 is 0 Å². The molecule has 15 heavy (non-hydrogen) atoms. The van der Waals surface area contributed by atoms with Crippen molar-refractivity contribution in [2.75, 3.05) is 6.54 Å². The Hall–Kier alpha value is -0.890. The van der Waals surface area contributed by atoms with Gasteiger partial charge in [0.2, 0.25) is 0 Å². The molecule has 2 nitrogen and oxygen atoms in total. The van der Waals surface area contributed by atoms with Crippen LogP contribution in [0.15, 0.2) is 24.4 Å². The van der Waals surface area contributed by atoms with E-state index in [4.69, 9.17) is 0 Å². The first-order chi connectivity index (χ1) is 7.40. The predicted octanol–water partition coefficient (Wildman–Crippen LogP) is 2.40. The van der Waals surface area contributed by atoms with Crippen LogP contribution in [-0.2, 0) is 6.42 Å². The summed E-state index contributed by atoms with van der Waals surface area (Å²) in [6.45, 7) is 3.35. The van der Waals surface area contributed by atoms with Crippen LogP contribution < -0.4 is 5.32 Å². The molecule has 0 saturated heterocycles. The lowest BCUT2D eigenvalue weighted by Crippen LogP contribution is -2.33. The maximum absolute atomic E-state index is 4.40. The van der Waals surface area contributed by atoms with E-state index >= 15 is 0 Å². The van der Waals surface area contributed by atoms with E-state index < -0.39 is 0 Å². The van der Waals surface area contributed by atoms with Gasteiger partial charge in [0.05, 0.1) is 0 Å². The number of hydrogen-bond donors (Lipinski definition) is 1. The number of nitrogens with one attached hydrogen (secondary N) is 1. The molecular weight excluding hydrogens is 184 g/mol. The molecule has 1 aliphatic carbocycles. The van der Waals surface area contributed by atoms with Gasteiger partial charge in [-0.2, -0.15) is 0 Å². The smallest absolute Gasteiger partial charge is 0.0419 e. The molecule has 1 heterocycles. The van der Waals surface area contributed by atoms with Crippen LogP contribution in [0.3, 0.4) is 0 Å². The van der Waals surface area contributed by atoms with E-state index in [1.54, 1.807) is 0 Å². The minimum absolute atomic E-state index is 0.653. The van der Waals surface area contributed by atoms with Crippen molar-refractivity contribution in [2.24, 2.45) is 5.92 Å². The van der Waals surface area contributed by atoms with Crippen molar-refractivity contribution in [2.45, 2.75) is 38.6 Å². The number of aromatic nitrogens is 1. The normalized spacial score (nSPS) is 17.7. The lowest BCUT2D eigenvalue weighted by atomic mass is 10.1. The Morgan fingerprint density at radius 2 is 2.33 bits per heavy atom. The van der Waals surface area contributed by atoms with Crippen molar-refractivity contribution >= 4 is 0 Å². The maximum Gasteiger partial charge on any atom is 0.0419 e. The zero-order valence-electron chi connectivity index (χ0n) is 9.45. The van der Waals surface area contributed by atoms with Crippen molar-refractivity contribution in [1.29, 1.82) is 0 Å². The summed E-state index contributed by atoms with van der Waals surface area (Å²) in [6.07, 6.45) is 6.98. The fourth-order valence-corrected chi connectivity index (χ4v) is 1.98. The monoisotopic (exact) mass is 204 g/mol. The molecule has 1 atom stereocenters. The lowest BCUT2D eigenvalue weighted by Gasteiger charge is -2.17. The van der Waals surface area contributed by atoms with E-state index in [0.717, 1.165) is 18.9 Å². The van der Waals surface area contributed by atoms with Crippen molar-refractivity contribution in [3.05, 3.63) is 30.1 Å². The Morgan fingerprint density at radius 1 is 1.47 bits per heavy atom. The highest BCUT2D eigenvalue weighted by atomic mass is 14.9. The van der Waals surface area contributed by atoms with Gasteiger partial charge in [-0.1, -0.05) is 13.0 Å². The summed E-state index contributed by atoms with van der Waals surface area (Å²) in [6, 6.07) is 6.84. The highest BCUT2D eigenvalue weighted by Gasteiger charge is 2.30. The van der Waals surface area contributed by atoms with E-state index in [-0.39, 0.29) is 0 Å². The molecule has 1 N–H and O–H groups in total. The quantitative estimate of drug-likeness (QED) is 0.769. The molecule has 1 aromatic rings. The van der Waals surface area contributed by atoms with Crippen LogP contribution in [0.1, 0.15) is 31.9 Å². The summed E-state index contributed by atoms with van der Waals surface area (Å²) >= 11 is 0. The summed E-state index contributed by atoms with van der Waals surface area (Å²) in [5, 5.41) is 3.64. The largest absolute Gasteiger partial charge is 0.313 e. The summed E-state index contributed by atoms with van der Waals surface area (Å²) in [5.41, 5.74) is 1.22. The van der Waals surface area contributed by atoms with E-state index in [9.17, 15) is 0 Å². The summed E-state index contributed by atoms with van der Waals surface area (Å²) in [5.74, 6) is 0.901. The van der Waals surface area contributed by atoms with E-state index in [1.165, 1.54) is 25.0 Å². The maximum atomic E-state index is 4.40. The van der Waals surface area contributed by atoms with Gasteiger partial charge in [-0.05, 0) is 43.9 Å². The van der Waals surface area contributed by atoms with Gasteiger partial charge in [0.1, 0.15) is 0 Å². The summed E-state index contributed by atoms with van der Waals surface area (Å²) in [7, 11) is 0. The van der Waals surface area contributed by atoms with Gasteiger partial charge in [0.25, 0.3) is 0 Å². The Kier molecular flexibility index (Phi) is 3.73. The predicted molar refractivity (Wildman–Crippen MR) is 62.7 cm³/mol. The van der Waals surface area contributed by atoms with Crippen LogP contribution in [-0.4, -0.2) is 17.6 Å². The van der Waals surface area contributed by atoms with Crippen molar-refractivity contribution < 1.29 is 0 Å². The molecule has 1 saturated carbocycles. The van der Waals surface area contributed by atoms with Crippen molar-refractivity contribution in [1.82, 2.24) is 10.3 Å². The number of rotatable bonds is 6. The first-order valence-electron chi connectivity index (χ1n) is 6.03. The standard InChI is InChI=1S/C13H20N2/c1-2-8-15-13(11-6-7-11)10-12-5-3-4-9-14-12/h3-5,9,11,13,15H,2,6-8,10H2,1H3. The third-order valence-corrected chi connectivity index (χ3v) is 3.00. The minimum Gasteiger partial charge on any atom is -0.313 e. The van der Waals surface area contributed by atoms with Crippen LogP contribution in [0.2, 0.25) is 0 Å². The second kappa shape index (κ2) is 5.26. The molecule has 0 amide bonds. The molecule has 0 aliphatic heterocycles. The topological polar surface area (TPSA) is 24.9 Å². The molecule has 1 unspecified atom stereocenters. The zero-order valence-corrected chi connectivity index (χ0v) is 9.45. The van der Waals surface area contributed by atoms with Crippen LogP contribution in [0.25, 0.3) is 0 Å². The zero-order chi connectivity index (χ0) is 10.5. The fraction of sp³-hybridized carbons (Fsp3) is 0.615. The van der Waals surface area contributed by atoms with E-state index in [2.05, 4.69) is 29.4 Å². The van der Waals surface area contributed by atoms with Gasteiger partial charge >= 0.3 is 0 Å². The second-order valence-corrected chi connectivity index (χ2v) is 4.42. The Balaban J connectivity index is 1.88. The second-order valence-electron chi connectivity index (χ2n) is 4.42. The summed E-state index contributed by atoms with van der Waals surface area (Å²) in [4.78, 5) is 4.40. The minimum atomic E-state index is 0.653. The summed E-state index contributed by atoms with van der Waals surface area (Å²) < 4.78 is 0.